The fraction of sp³-hybridized carbons (Fsp3) is 0.333. The van der Waals surface area contributed by atoms with Crippen LogP contribution < -0.4 is 0 Å². The lowest BCUT2D eigenvalue weighted by Gasteiger charge is -1.98. The Bertz CT molecular complexity index is 530. The standard InChI is InChI=1S/C12H13N3O3S/c1-2-17-10(16)5-7-19-12-15-14-11(18-12)9-4-3-6-13-8-9/h3-4,6,8H,2,5,7H2,1H3. The van der Waals surface area contributed by atoms with Crippen molar-refractivity contribution in [1.29, 1.82) is 0 Å². The lowest BCUT2D eigenvalue weighted by Crippen LogP contribution is -2.04. The smallest absolute Gasteiger partial charge is 0.306 e. The van der Waals surface area contributed by atoms with E-state index in [0.29, 0.717) is 29.9 Å². The number of carbonyl (C=O) groups excluding carboxylic acids is 1. The molecule has 0 radical (unpaired) electrons. The maximum atomic E-state index is 11.1. The highest BCUT2D eigenvalue weighted by Gasteiger charge is 2.10. The number of carbonyl (C=O) groups is 1. The molecule has 2 aromatic rings. The van der Waals surface area contributed by atoms with Gasteiger partial charge in [0.15, 0.2) is 0 Å². The summed E-state index contributed by atoms with van der Waals surface area (Å²) in [6, 6.07) is 3.64. The summed E-state index contributed by atoms with van der Waals surface area (Å²) < 4.78 is 10.3. The van der Waals surface area contributed by atoms with Crippen LogP contribution in [0.1, 0.15) is 13.3 Å². The van der Waals surface area contributed by atoms with E-state index in [1.165, 1.54) is 11.8 Å². The van der Waals surface area contributed by atoms with Crippen molar-refractivity contribution in [2.24, 2.45) is 0 Å². The van der Waals surface area contributed by atoms with Gasteiger partial charge in [-0.25, -0.2) is 0 Å². The van der Waals surface area contributed by atoms with Crippen molar-refractivity contribution < 1.29 is 13.9 Å². The molecule has 0 atom stereocenters. The predicted molar refractivity (Wildman–Crippen MR) is 69.5 cm³/mol. The zero-order chi connectivity index (χ0) is 13.5. The minimum absolute atomic E-state index is 0.220. The summed E-state index contributed by atoms with van der Waals surface area (Å²) in [4.78, 5) is 15.1. The summed E-state index contributed by atoms with van der Waals surface area (Å²) in [6.45, 7) is 2.18. The van der Waals surface area contributed by atoms with Gasteiger partial charge in [-0.1, -0.05) is 11.8 Å². The Morgan fingerprint density at radius 3 is 3.11 bits per heavy atom. The second kappa shape index (κ2) is 6.89. The molecule has 7 heteroatoms. The van der Waals surface area contributed by atoms with Crippen molar-refractivity contribution in [2.45, 2.75) is 18.6 Å². The van der Waals surface area contributed by atoms with Crippen molar-refractivity contribution in [3.8, 4) is 11.5 Å². The van der Waals surface area contributed by atoms with Crippen LogP contribution in [0.2, 0.25) is 0 Å². The van der Waals surface area contributed by atoms with Crippen molar-refractivity contribution >= 4 is 17.7 Å². The molecule has 0 N–H and O–H groups in total. The number of aromatic nitrogens is 3. The Balaban J connectivity index is 1.86. The lowest BCUT2D eigenvalue weighted by molar-refractivity contribution is -0.142. The van der Waals surface area contributed by atoms with Gasteiger partial charge in [0, 0.05) is 18.1 Å². The third-order valence-corrected chi connectivity index (χ3v) is 2.97. The van der Waals surface area contributed by atoms with E-state index in [4.69, 9.17) is 9.15 Å². The monoisotopic (exact) mass is 279 g/mol. The van der Waals surface area contributed by atoms with Crippen molar-refractivity contribution in [3.05, 3.63) is 24.5 Å². The molecule has 0 saturated carbocycles. The molecule has 2 rings (SSSR count). The highest BCUT2D eigenvalue weighted by atomic mass is 32.2. The molecular formula is C12H13N3O3S. The van der Waals surface area contributed by atoms with Gasteiger partial charge in [0.05, 0.1) is 18.6 Å². The third kappa shape index (κ3) is 4.06. The van der Waals surface area contributed by atoms with Gasteiger partial charge in [-0.15, -0.1) is 10.2 Å². The molecule has 100 valence electrons. The first-order chi connectivity index (χ1) is 9.29. The molecule has 6 nitrogen and oxygen atoms in total. The van der Waals surface area contributed by atoms with Crippen LogP contribution in [-0.2, 0) is 9.53 Å². The number of nitrogens with zero attached hydrogens (tertiary/aromatic N) is 3. The molecule has 2 heterocycles. The average molecular weight is 279 g/mol. The molecule has 0 spiro atoms. The van der Waals surface area contributed by atoms with Crippen molar-refractivity contribution in [1.82, 2.24) is 15.2 Å². The van der Waals surface area contributed by atoms with E-state index in [2.05, 4.69) is 15.2 Å². The molecule has 0 amide bonds. The number of rotatable bonds is 6. The Morgan fingerprint density at radius 1 is 1.47 bits per heavy atom. The first-order valence-corrected chi connectivity index (χ1v) is 6.80. The number of ether oxygens (including phenoxy) is 1. The summed E-state index contributed by atoms with van der Waals surface area (Å²) in [6.07, 6.45) is 3.65. The molecule has 0 fully saturated rings. The second-order valence-electron chi connectivity index (χ2n) is 3.52. The predicted octanol–water partition coefficient (Wildman–Crippen LogP) is 2.18. The van der Waals surface area contributed by atoms with Gasteiger partial charge in [-0.2, -0.15) is 0 Å². The van der Waals surface area contributed by atoms with Crippen LogP contribution in [0.25, 0.3) is 11.5 Å². The van der Waals surface area contributed by atoms with Crippen LogP contribution in [0.5, 0.6) is 0 Å². The van der Waals surface area contributed by atoms with Crippen molar-refractivity contribution in [3.63, 3.8) is 0 Å². The lowest BCUT2D eigenvalue weighted by atomic mass is 10.3. The molecule has 0 bridgehead atoms. The average Bonchev–Trinajstić information content (AvgIpc) is 2.89. The van der Waals surface area contributed by atoms with Gasteiger partial charge in [0.2, 0.25) is 5.89 Å². The quantitative estimate of drug-likeness (QED) is 0.592. The maximum absolute atomic E-state index is 11.1. The van der Waals surface area contributed by atoms with E-state index in [-0.39, 0.29) is 5.97 Å². The molecule has 0 aliphatic carbocycles. The summed E-state index contributed by atoms with van der Waals surface area (Å²) in [5.74, 6) is 0.752. The Morgan fingerprint density at radius 2 is 2.37 bits per heavy atom. The van der Waals surface area contributed by atoms with Gasteiger partial charge in [0.25, 0.3) is 5.22 Å². The molecule has 2 aromatic heterocycles. The molecule has 0 aromatic carbocycles. The molecular weight excluding hydrogens is 266 g/mol. The molecule has 19 heavy (non-hydrogen) atoms. The van der Waals surface area contributed by atoms with E-state index in [9.17, 15) is 4.79 Å². The largest absolute Gasteiger partial charge is 0.466 e. The van der Waals surface area contributed by atoms with Gasteiger partial charge >= 0.3 is 5.97 Å². The van der Waals surface area contributed by atoms with Crippen LogP contribution in [0.3, 0.4) is 0 Å². The van der Waals surface area contributed by atoms with E-state index in [0.717, 1.165) is 5.56 Å². The zero-order valence-electron chi connectivity index (χ0n) is 10.4. The van der Waals surface area contributed by atoms with E-state index in [1.807, 2.05) is 6.07 Å². The van der Waals surface area contributed by atoms with E-state index >= 15 is 0 Å². The number of esters is 1. The van der Waals surface area contributed by atoms with Crippen molar-refractivity contribution in [2.75, 3.05) is 12.4 Å². The highest BCUT2D eigenvalue weighted by molar-refractivity contribution is 7.99. The van der Waals surface area contributed by atoms with Gasteiger partial charge < -0.3 is 9.15 Å². The minimum atomic E-state index is -0.220. The Labute approximate surface area is 114 Å². The highest BCUT2D eigenvalue weighted by Crippen LogP contribution is 2.22. The molecule has 0 aliphatic rings. The number of hydrogen-bond acceptors (Lipinski definition) is 7. The van der Waals surface area contributed by atoms with E-state index < -0.39 is 0 Å². The fourth-order valence-corrected chi connectivity index (χ4v) is 2.01. The number of pyridine rings is 1. The normalized spacial score (nSPS) is 10.4. The summed E-state index contributed by atoms with van der Waals surface area (Å²) in [5.41, 5.74) is 0.771. The minimum Gasteiger partial charge on any atom is -0.466 e. The first-order valence-electron chi connectivity index (χ1n) is 5.82. The topological polar surface area (TPSA) is 78.1 Å². The van der Waals surface area contributed by atoms with Crippen LogP contribution in [-0.4, -0.2) is 33.5 Å². The number of hydrogen-bond donors (Lipinski definition) is 0. The summed E-state index contributed by atoms with van der Waals surface area (Å²) >= 11 is 1.33. The second-order valence-corrected chi connectivity index (χ2v) is 4.56. The first kappa shape index (κ1) is 13.5. The summed E-state index contributed by atoms with van der Waals surface area (Å²) in [5, 5.41) is 8.26. The maximum Gasteiger partial charge on any atom is 0.306 e. The Hall–Kier alpha value is -1.89. The van der Waals surface area contributed by atoms with Gasteiger partial charge in [0.1, 0.15) is 0 Å². The number of thioether (sulfide) groups is 1. The fourth-order valence-electron chi connectivity index (χ4n) is 1.33. The van der Waals surface area contributed by atoms with E-state index in [1.54, 1.807) is 25.4 Å². The third-order valence-electron chi connectivity index (χ3n) is 2.15. The molecule has 0 saturated heterocycles. The van der Waals surface area contributed by atoms with Gasteiger partial charge in [-0.05, 0) is 19.1 Å². The zero-order valence-corrected chi connectivity index (χ0v) is 11.2. The summed E-state index contributed by atoms with van der Waals surface area (Å²) in [7, 11) is 0. The van der Waals surface area contributed by atoms with Crippen LogP contribution in [0.15, 0.2) is 34.2 Å². The molecule has 0 aliphatic heterocycles. The SMILES string of the molecule is CCOC(=O)CCSc1nnc(-c2cccnc2)o1. The van der Waals surface area contributed by atoms with Gasteiger partial charge in [-0.3, -0.25) is 9.78 Å². The van der Waals surface area contributed by atoms with Crippen LogP contribution in [0, 0.1) is 0 Å². The van der Waals surface area contributed by atoms with Crippen LogP contribution in [0.4, 0.5) is 0 Å². The van der Waals surface area contributed by atoms with Crippen LogP contribution >= 0.6 is 11.8 Å². The Kier molecular flexibility index (Phi) is 4.91. The molecule has 0 unspecified atom stereocenters.